The summed E-state index contributed by atoms with van der Waals surface area (Å²) in [5.74, 6) is 0. The second-order valence-corrected chi connectivity index (χ2v) is 5.28. The van der Waals surface area contributed by atoms with Crippen LogP contribution >= 0.6 is 0 Å². The molecule has 0 spiro atoms. The Balaban J connectivity index is 1.84. The van der Waals surface area contributed by atoms with Gasteiger partial charge in [0.25, 0.3) is 0 Å². The van der Waals surface area contributed by atoms with E-state index in [1.807, 2.05) is 0 Å². The van der Waals surface area contributed by atoms with E-state index < -0.39 is 0 Å². The third-order valence-corrected chi connectivity index (χ3v) is 3.66. The highest BCUT2D eigenvalue weighted by Crippen LogP contribution is 2.12. The maximum Gasteiger partial charge on any atom is 0.0472 e. The molecule has 0 saturated carbocycles. The zero-order chi connectivity index (χ0) is 13.3. The first kappa shape index (κ1) is 13.9. The molecule has 19 heavy (non-hydrogen) atoms. The van der Waals surface area contributed by atoms with Gasteiger partial charge in [-0.15, -0.1) is 0 Å². The van der Waals surface area contributed by atoms with Gasteiger partial charge in [0.1, 0.15) is 0 Å². The molecular weight excluding hydrogens is 230 g/mol. The zero-order valence-electron chi connectivity index (χ0n) is 12.0. The molecule has 1 heterocycles. The lowest BCUT2D eigenvalue weighted by Crippen LogP contribution is -2.03. The molecule has 0 unspecified atom stereocenters. The van der Waals surface area contributed by atoms with Gasteiger partial charge in [0.2, 0.25) is 0 Å². The minimum Gasteiger partial charge on any atom is -0.347 e. The van der Waals surface area contributed by atoms with Gasteiger partial charge in [0.15, 0.2) is 0 Å². The van der Waals surface area contributed by atoms with Crippen molar-refractivity contribution in [2.24, 2.45) is 0 Å². The van der Waals surface area contributed by atoms with Crippen molar-refractivity contribution in [2.75, 3.05) is 0 Å². The minimum atomic E-state index is 0.998. The van der Waals surface area contributed by atoms with Gasteiger partial charge in [-0.3, -0.25) is 0 Å². The van der Waals surface area contributed by atoms with Crippen LogP contribution in [0.25, 0.3) is 0 Å². The average Bonchev–Trinajstić information content (AvgIpc) is 2.87. The van der Waals surface area contributed by atoms with Crippen LogP contribution in [0.4, 0.5) is 0 Å². The second kappa shape index (κ2) is 7.83. The summed E-state index contributed by atoms with van der Waals surface area (Å²) in [4.78, 5) is 0. The van der Waals surface area contributed by atoms with Crippen LogP contribution in [-0.2, 0) is 13.0 Å². The van der Waals surface area contributed by atoms with Gasteiger partial charge in [-0.25, -0.2) is 0 Å². The summed E-state index contributed by atoms with van der Waals surface area (Å²) >= 11 is 0. The molecule has 0 aliphatic heterocycles. The van der Waals surface area contributed by atoms with Gasteiger partial charge in [-0.2, -0.15) is 0 Å². The molecule has 0 bridgehead atoms. The average molecular weight is 255 g/mol. The Hall–Kier alpha value is -1.50. The monoisotopic (exact) mass is 255 g/mol. The van der Waals surface area contributed by atoms with Crippen molar-refractivity contribution in [3.8, 4) is 0 Å². The van der Waals surface area contributed by atoms with Gasteiger partial charge >= 0.3 is 0 Å². The summed E-state index contributed by atoms with van der Waals surface area (Å²) < 4.78 is 2.38. The molecule has 0 radical (unpaired) electrons. The molecule has 0 fully saturated rings. The van der Waals surface area contributed by atoms with Gasteiger partial charge in [-0.1, -0.05) is 62.9 Å². The van der Waals surface area contributed by atoms with Gasteiger partial charge in [0.05, 0.1) is 0 Å². The first-order valence-corrected chi connectivity index (χ1v) is 7.58. The zero-order valence-corrected chi connectivity index (χ0v) is 12.0. The Morgan fingerprint density at radius 2 is 1.63 bits per heavy atom. The fraction of sp³-hybridized carbons (Fsp3) is 0.444. The molecule has 0 saturated heterocycles. The molecule has 0 atom stereocenters. The van der Waals surface area contributed by atoms with Crippen molar-refractivity contribution in [1.82, 2.24) is 4.57 Å². The van der Waals surface area contributed by atoms with Crippen LogP contribution in [0.15, 0.2) is 48.7 Å². The predicted octanol–water partition coefficient (Wildman–Crippen LogP) is 5.05. The summed E-state index contributed by atoms with van der Waals surface area (Å²) in [5, 5.41) is 0. The summed E-state index contributed by atoms with van der Waals surface area (Å²) in [5.41, 5.74) is 2.85. The first-order chi connectivity index (χ1) is 9.40. The van der Waals surface area contributed by atoms with E-state index in [2.05, 4.69) is 60.2 Å². The van der Waals surface area contributed by atoms with Gasteiger partial charge < -0.3 is 4.57 Å². The van der Waals surface area contributed by atoms with E-state index >= 15 is 0 Å². The van der Waals surface area contributed by atoms with Crippen molar-refractivity contribution in [2.45, 2.75) is 52.0 Å². The predicted molar refractivity (Wildman–Crippen MR) is 82.4 cm³/mol. The van der Waals surface area contributed by atoms with Crippen molar-refractivity contribution in [3.05, 3.63) is 59.9 Å². The summed E-state index contributed by atoms with van der Waals surface area (Å²) in [6, 6.07) is 15.1. The quantitative estimate of drug-likeness (QED) is 0.582. The van der Waals surface area contributed by atoms with E-state index in [0.29, 0.717) is 0 Å². The largest absolute Gasteiger partial charge is 0.347 e. The van der Waals surface area contributed by atoms with Crippen molar-refractivity contribution in [3.63, 3.8) is 0 Å². The normalized spacial score (nSPS) is 10.8. The number of aryl methyl sites for hydroxylation is 1. The van der Waals surface area contributed by atoms with E-state index in [4.69, 9.17) is 0 Å². The van der Waals surface area contributed by atoms with Crippen LogP contribution in [0, 0.1) is 0 Å². The molecule has 102 valence electrons. The lowest BCUT2D eigenvalue weighted by Gasteiger charge is -2.09. The van der Waals surface area contributed by atoms with E-state index in [9.17, 15) is 0 Å². The van der Waals surface area contributed by atoms with Crippen LogP contribution in [0.3, 0.4) is 0 Å². The second-order valence-electron chi connectivity index (χ2n) is 5.28. The smallest absolute Gasteiger partial charge is 0.0472 e. The Morgan fingerprint density at radius 1 is 0.842 bits per heavy atom. The summed E-state index contributed by atoms with van der Waals surface area (Å²) in [7, 11) is 0. The van der Waals surface area contributed by atoms with Crippen LogP contribution < -0.4 is 0 Å². The number of aromatic nitrogens is 1. The highest BCUT2D eigenvalue weighted by Gasteiger charge is 2.01. The molecular formula is C18H25N. The number of hydrogen-bond acceptors (Lipinski definition) is 0. The number of benzene rings is 1. The van der Waals surface area contributed by atoms with E-state index in [-0.39, 0.29) is 0 Å². The van der Waals surface area contributed by atoms with Crippen LogP contribution in [0.2, 0.25) is 0 Å². The van der Waals surface area contributed by atoms with Crippen LogP contribution in [0.5, 0.6) is 0 Å². The molecule has 0 aliphatic carbocycles. The minimum absolute atomic E-state index is 0.998. The number of unbranched alkanes of at least 4 members (excludes halogenated alkanes) is 4. The molecule has 2 rings (SSSR count). The third-order valence-electron chi connectivity index (χ3n) is 3.66. The maximum atomic E-state index is 2.38. The van der Waals surface area contributed by atoms with E-state index in [1.54, 1.807) is 0 Å². The van der Waals surface area contributed by atoms with E-state index in [0.717, 1.165) is 6.54 Å². The van der Waals surface area contributed by atoms with Crippen LogP contribution in [-0.4, -0.2) is 4.57 Å². The van der Waals surface area contributed by atoms with Crippen LogP contribution in [0.1, 0.15) is 50.3 Å². The fourth-order valence-electron chi connectivity index (χ4n) is 2.52. The maximum absolute atomic E-state index is 2.38. The highest BCUT2D eigenvalue weighted by atomic mass is 15.0. The Labute approximate surface area is 117 Å². The molecule has 0 amide bonds. The Bertz CT molecular complexity index is 456. The molecule has 0 N–H and O–H groups in total. The number of hydrogen-bond donors (Lipinski definition) is 0. The van der Waals surface area contributed by atoms with Crippen molar-refractivity contribution >= 4 is 0 Å². The lowest BCUT2D eigenvalue weighted by atomic mass is 10.1. The standard InChI is InChI=1S/C18H25N/c1-2-3-4-5-9-13-18-14-10-15-19(18)16-17-11-7-6-8-12-17/h6-8,10-12,14-15H,2-5,9,13,16H2,1H3. The molecule has 1 aromatic carbocycles. The molecule has 0 aliphatic rings. The lowest BCUT2D eigenvalue weighted by molar-refractivity contribution is 0.615. The summed E-state index contributed by atoms with van der Waals surface area (Å²) in [6.45, 7) is 3.27. The molecule has 1 nitrogen and oxygen atoms in total. The third kappa shape index (κ3) is 4.59. The highest BCUT2D eigenvalue weighted by molar-refractivity contribution is 5.17. The number of nitrogens with zero attached hydrogens (tertiary/aromatic N) is 1. The van der Waals surface area contributed by atoms with Crippen molar-refractivity contribution in [1.29, 1.82) is 0 Å². The topological polar surface area (TPSA) is 4.93 Å². The van der Waals surface area contributed by atoms with Gasteiger partial charge in [-0.05, 0) is 30.5 Å². The SMILES string of the molecule is CCCCCCCc1cccn1Cc1ccccc1. The van der Waals surface area contributed by atoms with Gasteiger partial charge in [0, 0.05) is 18.4 Å². The van der Waals surface area contributed by atoms with Crippen molar-refractivity contribution < 1.29 is 0 Å². The molecule has 1 heteroatoms. The Kier molecular flexibility index (Phi) is 5.74. The molecule has 2 aromatic rings. The first-order valence-electron chi connectivity index (χ1n) is 7.58. The molecule has 1 aromatic heterocycles. The summed E-state index contributed by atoms with van der Waals surface area (Å²) in [6.07, 6.45) is 10.2. The number of rotatable bonds is 8. The Morgan fingerprint density at radius 3 is 2.42 bits per heavy atom. The fourth-order valence-corrected chi connectivity index (χ4v) is 2.52. The van der Waals surface area contributed by atoms with E-state index in [1.165, 1.54) is 49.8 Å².